The first kappa shape index (κ1) is 22.1. The SMILES string of the molecule is Cc1ccccc1CN(C(=S)NCc1ccccc1)c1cc(Cl)cc(C(C)O)c1O. The fourth-order valence-electron chi connectivity index (χ4n) is 3.22. The number of aliphatic hydroxyl groups excluding tert-OH is 1. The molecule has 6 heteroatoms. The Bertz CT molecular complexity index is 1020. The minimum Gasteiger partial charge on any atom is -0.505 e. The maximum Gasteiger partial charge on any atom is 0.174 e. The van der Waals surface area contributed by atoms with E-state index < -0.39 is 6.10 Å². The van der Waals surface area contributed by atoms with Crippen LogP contribution in [0.4, 0.5) is 5.69 Å². The Morgan fingerprint density at radius 2 is 1.77 bits per heavy atom. The average Bonchev–Trinajstić information content (AvgIpc) is 2.73. The van der Waals surface area contributed by atoms with E-state index in [1.165, 1.54) is 0 Å². The van der Waals surface area contributed by atoms with Crippen LogP contribution < -0.4 is 10.2 Å². The van der Waals surface area contributed by atoms with E-state index in [-0.39, 0.29) is 5.75 Å². The van der Waals surface area contributed by atoms with Crippen LogP contribution in [0.1, 0.15) is 35.3 Å². The smallest absolute Gasteiger partial charge is 0.174 e. The number of aryl methyl sites for hydroxylation is 1. The van der Waals surface area contributed by atoms with Crippen molar-refractivity contribution in [2.45, 2.75) is 33.0 Å². The molecular formula is C24H25ClN2O2S. The minimum atomic E-state index is -0.867. The first-order chi connectivity index (χ1) is 14.4. The number of aliphatic hydroxyl groups is 1. The standard InChI is InChI=1S/C24H25ClN2O2S/c1-16-8-6-7-11-19(16)15-27(24(30)26-14-18-9-4-3-5-10-18)22-13-20(25)12-21(17(2)28)23(22)29/h3-13,17,28-29H,14-15H2,1-2H3,(H,26,30). The lowest BCUT2D eigenvalue weighted by Crippen LogP contribution is -2.39. The Morgan fingerprint density at radius 3 is 2.43 bits per heavy atom. The zero-order chi connectivity index (χ0) is 21.7. The third kappa shape index (κ3) is 5.30. The van der Waals surface area contributed by atoms with Gasteiger partial charge in [0.2, 0.25) is 0 Å². The van der Waals surface area contributed by atoms with Crippen LogP contribution in [-0.4, -0.2) is 15.3 Å². The molecule has 1 unspecified atom stereocenters. The number of nitrogens with one attached hydrogen (secondary N) is 1. The number of nitrogens with zero attached hydrogens (tertiary/aromatic N) is 1. The molecule has 0 amide bonds. The van der Waals surface area contributed by atoms with E-state index in [1.807, 2.05) is 66.4 Å². The predicted molar refractivity (Wildman–Crippen MR) is 127 cm³/mol. The number of thiocarbonyl (C=S) groups is 1. The molecule has 0 radical (unpaired) electrons. The molecule has 0 saturated heterocycles. The van der Waals surface area contributed by atoms with Crippen molar-refractivity contribution in [3.8, 4) is 5.75 Å². The number of phenolic OH excluding ortho intramolecular Hbond substituents is 1. The molecule has 3 rings (SSSR count). The van der Waals surface area contributed by atoms with Crippen molar-refractivity contribution in [1.82, 2.24) is 5.32 Å². The van der Waals surface area contributed by atoms with Gasteiger partial charge in [-0.25, -0.2) is 0 Å². The number of hydrogen-bond donors (Lipinski definition) is 3. The molecule has 156 valence electrons. The van der Waals surface area contributed by atoms with Gasteiger partial charge in [0.1, 0.15) is 5.75 Å². The van der Waals surface area contributed by atoms with Crippen LogP contribution in [0.15, 0.2) is 66.7 Å². The van der Waals surface area contributed by atoms with E-state index in [0.717, 1.165) is 16.7 Å². The molecule has 0 bridgehead atoms. The molecule has 1 atom stereocenters. The second-order valence-electron chi connectivity index (χ2n) is 7.20. The van der Waals surface area contributed by atoms with Gasteiger partial charge in [0.15, 0.2) is 5.11 Å². The summed E-state index contributed by atoms with van der Waals surface area (Å²) in [4.78, 5) is 1.81. The molecule has 0 saturated carbocycles. The Hall–Kier alpha value is -2.60. The Morgan fingerprint density at radius 1 is 1.10 bits per heavy atom. The number of halogens is 1. The van der Waals surface area contributed by atoms with Gasteiger partial charge in [-0.15, -0.1) is 0 Å². The highest BCUT2D eigenvalue weighted by Crippen LogP contribution is 2.38. The second kappa shape index (κ2) is 9.94. The van der Waals surface area contributed by atoms with Gasteiger partial charge >= 0.3 is 0 Å². The summed E-state index contributed by atoms with van der Waals surface area (Å²) >= 11 is 12.0. The van der Waals surface area contributed by atoms with Crippen LogP contribution in [0.5, 0.6) is 5.75 Å². The van der Waals surface area contributed by atoms with Crippen molar-refractivity contribution in [1.29, 1.82) is 0 Å². The zero-order valence-electron chi connectivity index (χ0n) is 17.0. The highest BCUT2D eigenvalue weighted by molar-refractivity contribution is 7.80. The summed E-state index contributed by atoms with van der Waals surface area (Å²) in [6.45, 7) is 4.62. The molecule has 3 N–H and O–H groups in total. The first-order valence-corrected chi connectivity index (χ1v) is 10.5. The average molecular weight is 441 g/mol. The molecule has 0 heterocycles. The maximum absolute atomic E-state index is 10.9. The highest BCUT2D eigenvalue weighted by Gasteiger charge is 2.22. The van der Waals surface area contributed by atoms with E-state index in [4.69, 9.17) is 23.8 Å². The normalized spacial score (nSPS) is 11.7. The summed E-state index contributed by atoms with van der Waals surface area (Å²) in [5.41, 5.74) is 4.09. The van der Waals surface area contributed by atoms with E-state index in [1.54, 1.807) is 19.1 Å². The Balaban J connectivity index is 1.97. The van der Waals surface area contributed by atoms with E-state index in [0.29, 0.717) is 34.5 Å². The van der Waals surface area contributed by atoms with Crippen LogP contribution in [0, 0.1) is 6.92 Å². The topological polar surface area (TPSA) is 55.7 Å². The lowest BCUT2D eigenvalue weighted by Gasteiger charge is -2.29. The number of benzene rings is 3. The largest absolute Gasteiger partial charge is 0.505 e. The number of anilines is 1. The summed E-state index contributed by atoms with van der Waals surface area (Å²) in [7, 11) is 0. The molecule has 3 aromatic carbocycles. The number of aromatic hydroxyl groups is 1. The quantitative estimate of drug-likeness (QED) is 0.442. The summed E-state index contributed by atoms with van der Waals surface area (Å²) in [5, 5.41) is 25.1. The Kier molecular flexibility index (Phi) is 7.32. The first-order valence-electron chi connectivity index (χ1n) is 9.71. The molecule has 0 aliphatic carbocycles. The fourth-order valence-corrected chi connectivity index (χ4v) is 3.68. The summed E-state index contributed by atoms with van der Waals surface area (Å²) in [5.74, 6) is -0.0353. The van der Waals surface area contributed by atoms with Crippen LogP contribution in [-0.2, 0) is 13.1 Å². The van der Waals surface area contributed by atoms with Gasteiger partial charge < -0.3 is 20.4 Å². The van der Waals surface area contributed by atoms with E-state index in [9.17, 15) is 10.2 Å². The molecular weight excluding hydrogens is 416 g/mol. The van der Waals surface area contributed by atoms with Gasteiger partial charge in [0, 0.05) is 17.1 Å². The second-order valence-corrected chi connectivity index (χ2v) is 8.02. The van der Waals surface area contributed by atoms with Gasteiger partial charge in [-0.2, -0.15) is 0 Å². The van der Waals surface area contributed by atoms with Crippen LogP contribution in [0.2, 0.25) is 5.02 Å². The number of phenols is 1. The molecule has 0 aliphatic heterocycles. The van der Waals surface area contributed by atoms with Crippen molar-refractivity contribution in [3.05, 3.63) is 94.0 Å². The van der Waals surface area contributed by atoms with Crippen molar-refractivity contribution in [3.63, 3.8) is 0 Å². The predicted octanol–water partition coefficient (Wildman–Crippen LogP) is 5.49. The zero-order valence-corrected chi connectivity index (χ0v) is 18.5. The minimum absolute atomic E-state index is 0.0353. The van der Waals surface area contributed by atoms with Crippen LogP contribution in [0.3, 0.4) is 0 Å². The third-order valence-electron chi connectivity index (χ3n) is 4.95. The van der Waals surface area contributed by atoms with E-state index in [2.05, 4.69) is 5.32 Å². The molecule has 4 nitrogen and oxygen atoms in total. The van der Waals surface area contributed by atoms with Crippen LogP contribution in [0.25, 0.3) is 0 Å². The van der Waals surface area contributed by atoms with Gasteiger partial charge in [0.25, 0.3) is 0 Å². The Labute approximate surface area is 187 Å². The highest BCUT2D eigenvalue weighted by atomic mass is 35.5. The molecule has 0 fully saturated rings. The number of hydrogen-bond acceptors (Lipinski definition) is 3. The molecule has 0 spiro atoms. The van der Waals surface area contributed by atoms with Crippen LogP contribution >= 0.6 is 23.8 Å². The van der Waals surface area contributed by atoms with Gasteiger partial charge in [-0.1, -0.05) is 66.2 Å². The fraction of sp³-hybridized carbons (Fsp3) is 0.208. The summed E-state index contributed by atoms with van der Waals surface area (Å²) in [6.07, 6.45) is -0.867. The third-order valence-corrected chi connectivity index (χ3v) is 5.53. The molecule has 30 heavy (non-hydrogen) atoms. The van der Waals surface area contributed by atoms with Crippen molar-refractivity contribution < 1.29 is 10.2 Å². The molecule has 3 aromatic rings. The summed E-state index contributed by atoms with van der Waals surface area (Å²) in [6, 6.07) is 21.2. The lowest BCUT2D eigenvalue weighted by molar-refractivity contribution is 0.195. The monoisotopic (exact) mass is 440 g/mol. The van der Waals surface area contributed by atoms with Crippen molar-refractivity contribution >= 4 is 34.6 Å². The van der Waals surface area contributed by atoms with Gasteiger partial charge in [-0.3, -0.25) is 0 Å². The van der Waals surface area contributed by atoms with Crippen molar-refractivity contribution in [2.24, 2.45) is 0 Å². The molecule has 0 aliphatic rings. The lowest BCUT2D eigenvalue weighted by atomic mass is 10.1. The summed E-state index contributed by atoms with van der Waals surface area (Å²) < 4.78 is 0. The number of rotatable bonds is 6. The van der Waals surface area contributed by atoms with E-state index >= 15 is 0 Å². The maximum atomic E-state index is 10.9. The molecule has 0 aromatic heterocycles. The van der Waals surface area contributed by atoms with Crippen molar-refractivity contribution in [2.75, 3.05) is 4.90 Å². The van der Waals surface area contributed by atoms with Gasteiger partial charge in [-0.05, 0) is 54.9 Å². The van der Waals surface area contributed by atoms with Gasteiger partial charge in [0.05, 0.1) is 18.3 Å².